The van der Waals surface area contributed by atoms with Gasteiger partial charge in [0.05, 0.1) is 5.69 Å². The van der Waals surface area contributed by atoms with Gasteiger partial charge in [0.15, 0.2) is 5.13 Å². The van der Waals surface area contributed by atoms with Gasteiger partial charge >= 0.3 is 12.0 Å². The molecular weight excluding hydrogens is 266 g/mol. The number of carboxylic acid groups (broad SMARTS) is 1. The number of urea groups is 1. The summed E-state index contributed by atoms with van der Waals surface area (Å²) in [4.78, 5) is 30.1. The Kier molecular flexibility index (Phi) is 3.14. The Balaban J connectivity index is 1.68. The number of aryl methyl sites for hydroxylation is 2. The number of fused-ring (bicyclic) bond motifs is 1. The zero-order valence-corrected chi connectivity index (χ0v) is 11.2. The first-order chi connectivity index (χ1) is 9.15. The highest BCUT2D eigenvalue weighted by Crippen LogP contribution is 2.30. The van der Waals surface area contributed by atoms with E-state index < -0.39 is 12.0 Å². The Labute approximate surface area is 114 Å². The molecule has 19 heavy (non-hydrogen) atoms. The number of rotatable bonds is 2. The lowest BCUT2D eigenvalue weighted by Gasteiger charge is -2.20. The van der Waals surface area contributed by atoms with E-state index in [1.165, 1.54) is 21.1 Å². The van der Waals surface area contributed by atoms with Gasteiger partial charge in [-0.1, -0.05) is 0 Å². The minimum atomic E-state index is -0.936. The van der Waals surface area contributed by atoms with Crippen molar-refractivity contribution in [3.05, 3.63) is 10.6 Å². The Morgan fingerprint density at radius 3 is 2.95 bits per heavy atom. The summed E-state index contributed by atoms with van der Waals surface area (Å²) in [5, 5.41) is 12.4. The van der Waals surface area contributed by atoms with Crippen molar-refractivity contribution in [3.8, 4) is 0 Å². The molecule has 2 aliphatic rings. The first-order valence-corrected chi connectivity index (χ1v) is 7.26. The summed E-state index contributed by atoms with van der Waals surface area (Å²) in [6.45, 7) is 0.494. The zero-order valence-electron chi connectivity index (χ0n) is 10.4. The minimum Gasteiger partial charge on any atom is -0.480 e. The summed E-state index contributed by atoms with van der Waals surface area (Å²) in [5.74, 6) is -0.936. The van der Waals surface area contributed by atoms with Crippen molar-refractivity contribution >= 4 is 28.5 Å². The Bertz CT molecular complexity index is 507. The average Bonchev–Trinajstić information content (AvgIpc) is 3.01. The van der Waals surface area contributed by atoms with E-state index in [2.05, 4.69) is 10.3 Å². The number of aliphatic carboxylic acids is 1. The van der Waals surface area contributed by atoms with Crippen LogP contribution in [0.3, 0.4) is 0 Å². The maximum absolute atomic E-state index is 12.1. The number of amides is 2. The molecule has 7 heteroatoms. The van der Waals surface area contributed by atoms with Gasteiger partial charge in [-0.3, -0.25) is 5.32 Å². The lowest BCUT2D eigenvalue weighted by atomic mass is 10.2. The van der Waals surface area contributed by atoms with Crippen LogP contribution in [0.5, 0.6) is 0 Å². The van der Waals surface area contributed by atoms with Crippen molar-refractivity contribution in [2.75, 3.05) is 11.9 Å². The molecule has 1 aliphatic heterocycles. The number of nitrogens with one attached hydrogen (secondary N) is 1. The first kappa shape index (κ1) is 12.4. The van der Waals surface area contributed by atoms with Gasteiger partial charge in [-0.05, 0) is 32.1 Å². The summed E-state index contributed by atoms with van der Waals surface area (Å²) >= 11 is 1.50. The highest BCUT2D eigenvalue weighted by Gasteiger charge is 2.34. The molecule has 1 fully saturated rings. The van der Waals surface area contributed by atoms with Gasteiger partial charge < -0.3 is 10.0 Å². The van der Waals surface area contributed by atoms with Crippen molar-refractivity contribution in [3.63, 3.8) is 0 Å². The molecule has 1 saturated heterocycles. The minimum absolute atomic E-state index is 0.350. The molecular formula is C12H15N3O3S. The Hall–Kier alpha value is -1.63. The van der Waals surface area contributed by atoms with Crippen LogP contribution in [-0.2, 0) is 17.6 Å². The number of nitrogens with zero attached hydrogens (tertiary/aromatic N) is 2. The number of carbonyl (C=O) groups excluding carboxylic acids is 1. The maximum atomic E-state index is 12.1. The average molecular weight is 281 g/mol. The first-order valence-electron chi connectivity index (χ1n) is 6.44. The Morgan fingerprint density at radius 2 is 2.21 bits per heavy atom. The quantitative estimate of drug-likeness (QED) is 0.864. The van der Waals surface area contributed by atoms with Crippen LogP contribution < -0.4 is 5.32 Å². The maximum Gasteiger partial charge on any atom is 0.326 e. The molecule has 1 aromatic heterocycles. The summed E-state index contributed by atoms with van der Waals surface area (Å²) in [6.07, 6.45) is 4.40. The molecule has 0 radical (unpaired) electrons. The van der Waals surface area contributed by atoms with Crippen molar-refractivity contribution in [2.45, 2.75) is 38.1 Å². The van der Waals surface area contributed by atoms with Crippen molar-refractivity contribution in [1.82, 2.24) is 9.88 Å². The van der Waals surface area contributed by atoms with E-state index in [0.717, 1.165) is 31.4 Å². The van der Waals surface area contributed by atoms with E-state index in [0.29, 0.717) is 18.1 Å². The second kappa shape index (κ2) is 4.80. The van der Waals surface area contributed by atoms with Gasteiger partial charge in [-0.25, -0.2) is 14.6 Å². The Morgan fingerprint density at radius 1 is 1.37 bits per heavy atom. The third-order valence-corrected chi connectivity index (χ3v) is 4.68. The van der Waals surface area contributed by atoms with Gasteiger partial charge in [-0.15, -0.1) is 11.3 Å². The number of anilines is 1. The number of thiazole rings is 1. The topological polar surface area (TPSA) is 82.5 Å². The molecule has 1 aromatic rings. The van der Waals surface area contributed by atoms with Crippen LogP contribution in [0, 0.1) is 0 Å². The van der Waals surface area contributed by atoms with Gasteiger partial charge in [0.2, 0.25) is 0 Å². The van der Waals surface area contributed by atoms with Crippen LogP contribution in [0.2, 0.25) is 0 Å². The van der Waals surface area contributed by atoms with Crippen molar-refractivity contribution < 1.29 is 14.7 Å². The smallest absolute Gasteiger partial charge is 0.326 e. The van der Waals surface area contributed by atoms with E-state index >= 15 is 0 Å². The van der Waals surface area contributed by atoms with E-state index in [4.69, 9.17) is 5.11 Å². The molecule has 2 amide bonds. The van der Waals surface area contributed by atoms with Crippen LogP contribution in [0.4, 0.5) is 9.93 Å². The summed E-state index contributed by atoms with van der Waals surface area (Å²) in [7, 11) is 0. The normalized spacial score (nSPS) is 21.5. The fraction of sp³-hybridized carbons (Fsp3) is 0.583. The van der Waals surface area contributed by atoms with Crippen molar-refractivity contribution in [2.24, 2.45) is 0 Å². The third-order valence-electron chi connectivity index (χ3n) is 3.61. The zero-order chi connectivity index (χ0) is 13.4. The lowest BCUT2D eigenvalue weighted by Crippen LogP contribution is -2.42. The van der Waals surface area contributed by atoms with Crippen LogP contribution in [-0.4, -0.2) is 39.6 Å². The predicted octanol–water partition coefficient (Wildman–Crippen LogP) is 1.71. The molecule has 0 unspecified atom stereocenters. The van der Waals surface area contributed by atoms with Gasteiger partial charge in [0, 0.05) is 11.4 Å². The number of hydrogen-bond acceptors (Lipinski definition) is 4. The molecule has 0 saturated carbocycles. The largest absolute Gasteiger partial charge is 0.480 e. The summed E-state index contributed by atoms with van der Waals surface area (Å²) in [6, 6.07) is -1.05. The van der Waals surface area contributed by atoms with E-state index in [1.807, 2.05) is 0 Å². The highest BCUT2D eigenvalue weighted by molar-refractivity contribution is 7.15. The monoisotopic (exact) mass is 281 g/mol. The molecule has 2 N–H and O–H groups in total. The molecule has 2 heterocycles. The number of hydrogen-bond donors (Lipinski definition) is 2. The fourth-order valence-corrected chi connectivity index (χ4v) is 3.71. The van der Waals surface area contributed by atoms with E-state index in [9.17, 15) is 9.59 Å². The van der Waals surface area contributed by atoms with Crippen LogP contribution in [0.25, 0.3) is 0 Å². The van der Waals surface area contributed by atoms with E-state index in [1.54, 1.807) is 0 Å². The summed E-state index contributed by atoms with van der Waals surface area (Å²) < 4.78 is 0. The van der Waals surface area contributed by atoms with Crippen LogP contribution >= 0.6 is 11.3 Å². The SMILES string of the molecule is O=C(O)[C@@H]1CCCN1C(=O)Nc1nc2c(s1)CCC2. The van der Waals surface area contributed by atoms with Gasteiger partial charge in [0.1, 0.15) is 6.04 Å². The number of carboxylic acids is 1. The number of likely N-dealkylation sites (tertiary alicyclic amines) is 1. The molecule has 1 atom stereocenters. The fourth-order valence-electron chi connectivity index (χ4n) is 2.67. The molecule has 0 aromatic carbocycles. The predicted molar refractivity (Wildman–Crippen MR) is 70.5 cm³/mol. The summed E-state index contributed by atoms with van der Waals surface area (Å²) in [5.41, 5.74) is 1.08. The number of aromatic nitrogens is 1. The second-order valence-corrected chi connectivity index (χ2v) is 5.95. The number of carbonyl (C=O) groups is 2. The molecule has 102 valence electrons. The molecule has 0 bridgehead atoms. The third kappa shape index (κ3) is 2.30. The molecule has 6 nitrogen and oxygen atoms in total. The second-order valence-electron chi connectivity index (χ2n) is 4.86. The lowest BCUT2D eigenvalue weighted by molar-refractivity contribution is -0.141. The van der Waals surface area contributed by atoms with Crippen molar-refractivity contribution in [1.29, 1.82) is 0 Å². The van der Waals surface area contributed by atoms with Gasteiger partial charge in [0.25, 0.3) is 0 Å². The van der Waals surface area contributed by atoms with Gasteiger partial charge in [-0.2, -0.15) is 0 Å². The standard InChI is InChI=1S/C12H15N3O3S/c16-10(17)8-4-2-6-15(8)12(18)14-11-13-7-3-1-5-9(7)19-11/h8H,1-6H2,(H,16,17)(H,13,14,18)/t8-/m0/s1. The molecule has 0 spiro atoms. The van der Waals surface area contributed by atoms with Crippen LogP contribution in [0.15, 0.2) is 0 Å². The highest BCUT2D eigenvalue weighted by atomic mass is 32.1. The van der Waals surface area contributed by atoms with E-state index in [-0.39, 0.29) is 6.03 Å². The van der Waals surface area contributed by atoms with Crippen LogP contribution in [0.1, 0.15) is 29.8 Å². The molecule has 1 aliphatic carbocycles. The molecule has 3 rings (SSSR count).